The number of carbonyl (C=O) groups excluding carboxylic acids is 1. The Kier molecular flexibility index (Phi) is 46.2. The van der Waals surface area contributed by atoms with E-state index in [0.717, 1.165) is 44.9 Å². The van der Waals surface area contributed by atoms with E-state index in [1.165, 1.54) is 180 Å². The third-order valence-electron chi connectivity index (χ3n) is 10.9. The number of allylic oxidation sites excluding steroid dienone is 4. The summed E-state index contributed by atoms with van der Waals surface area (Å²) in [5.74, 6) is -0.329. The second-order valence-corrected chi connectivity index (χ2v) is 18.1. The normalized spacial score (nSPS) is 13.5. The number of hydrogen-bond donors (Lipinski definition) is 2. The number of unbranched alkanes of at least 4 members (excludes halogenated alkanes) is 31. The minimum atomic E-state index is -4.28. The summed E-state index contributed by atoms with van der Waals surface area (Å²) in [6, 6.07) is 0. The fourth-order valence-corrected chi connectivity index (χ4v) is 7.97. The number of carbonyl (C=O) groups is 1. The van der Waals surface area contributed by atoms with E-state index in [4.69, 9.17) is 24.3 Å². The van der Waals surface area contributed by atoms with E-state index in [1.54, 1.807) is 0 Å². The molecule has 0 aliphatic carbocycles. The smallest absolute Gasteiger partial charge is 0.457 e. The van der Waals surface area contributed by atoms with Crippen LogP contribution in [-0.2, 0) is 27.9 Å². The standard InChI is InChI=1S/C49H96NO7P/c1-3-5-7-9-11-13-15-17-19-21-22-23-24-25-26-28-30-32-34-36-38-40-42-49(51)57-48(47-56-58(52,53)55-45-43-50)46-54-44-41-39-37-35-33-31-29-27-20-18-16-14-12-10-8-6-4-2/h14,16,20,27,48H,3-13,15,17-19,21-26,28-47,50H2,1-2H3,(H,52,53)/b16-14-,27-20-. The number of hydrogen-bond acceptors (Lipinski definition) is 7. The van der Waals surface area contributed by atoms with E-state index < -0.39 is 13.9 Å². The first-order valence-electron chi connectivity index (χ1n) is 24.8. The number of ether oxygens (including phenoxy) is 2. The van der Waals surface area contributed by atoms with Gasteiger partial charge in [0.05, 0.1) is 19.8 Å². The molecule has 0 bridgehead atoms. The zero-order valence-electron chi connectivity index (χ0n) is 38.3. The first kappa shape index (κ1) is 57.0. The van der Waals surface area contributed by atoms with Gasteiger partial charge in [-0.2, -0.15) is 0 Å². The second kappa shape index (κ2) is 47.0. The molecule has 8 nitrogen and oxygen atoms in total. The first-order valence-corrected chi connectivity index (χ1v) is 26.3. The van der Waals surface area contributed by atoms with Gasteiger partial charge < -0.3 is 20.1 Å². The average molecular weight is 842 g/mol. The van der Waals surface area contributed by atoms with Crippen molar-refractivity contribution in [1.82, 2.24) is 0 Å². The van der Waals surface area contributed by atoms with Crippen LogP contribution in [0.25, 0.3) is 0 Å². The van der Waals surface area contributed by atoms with E-state index >= 15 is 0 Å². The topological polar surface area (TPSA) is 117 Å². The molecule has 0 aliphatic heterocycles. The van der Waals surface area contributed by atoms with Crippen LogP contribution in [-0.4, -0.2) is 49.9 Å². The molecule has 2 unspecified atom stereocenters. The molecule has 0 fully saturated rings. The highest BCUT2D eigenvalue weighted by atomic mass is 31.2. The van der Waals surface area contributed by atoms with E-state index in [2.05, 4.69) is 38.2 Å². The van der Waals surface area contributed by atoms with Gasteiger partial charge in [0.1, 0.15) is 6.10 Å². The van der Waals surface area contributed by atoms with Crippen molar-refractivity contribution >= 4 is 13.8 Å². The second-order valence-electron chi connectivity index (χ2n) is 16.7. The Morgan fingerprint density at radius 2 is 0.914 bits per heavy atom. The lowest BCUT2D eigenvalue weighted by atomic mass is 10.0. The van der Waals surface area contributed by atoms with E-state index in [-0.39, 0.29) is 32.3 Å². The highest BCUT2D eigenvalue weighted by Gasteiger charge is 2.25. The van der Waals surface area contributed by atoms with E-state index in [1.807, 2.05) is 0 Å². The zero-order chi connectivity index (χ0) is 42.3. The highest BCUT2D eigenvalue weighted by Crippen LogP contribution is 2.43. The summed E-state index contributed by atoms with van der Waals surface area (Å²) in [5.41, 5.74) is 5.38. The Bertz CT molecular complexity index is 946. The minimum Gasteiger partial charge on any atom is -0.457 e. The third-order valence-corrected chi connectivity index (χ3v) is 11.9. The van der Waals surface area contributed by atoms with Crippen LogP contribution in [0.15, 0.2) is 24.3 Å². The van der Waals surface area contributed by atoms with Crippen LogP contribution in [0.2, 0.25) is 0 Å². The van der Waals surface area contributed by atoms with Gasteiger partial charge in [-0.1, -0.05) is 218 Å². The van der Waals surface area contributed by atoms with Crippen LogP contribution in [0.3, 0.4) is 0 Å². The summed E-state index contributed by atoms with van der Waals surface area (Å²) < 4.78 is 33.5. The predicted octanol–water partition coefficient (Wildman–Crippen LogP) is 15.2. The molecule has 2 atom stereocenters. The van der Waals surface area contributed by atoms with Crippen LogP contribution >= 0.6 is 7.82 Å². The van der Waals surface area contributed by atoms with E-state index in [0.29, 0.717) is 13.0 Å². The Labute approximate surface area is 359 Å². The summed E-state index contributed by atoms with van der Waals surface area (Å²) in [4.78, 5) is 22.6. The van der Waals surface area contributed by atoms with Crippen molar-refractivity contribution < 1.29 is 32.8 Å². The van der Waals surface area contributed by atoms with Crippen molar-refractivity contribution in [2.75, 3.05) is 33.0 Å². The molecule has 58 heavy (non-hydrogen) atoms. The van der Waals surface area contributed by atoms with Crippen LogP contribution < -0.4 is 5.73 Å². The number of rotatable bonds is 48. The largest absolute Gasteiger partial charge is 0.472 e. The maximum atomic E-state index is 12.6. The fourth-order valence-electron chi connectivity index (χ4n) is 7.21. The molecule has 0 aliphatic rings. The molecule has 0 saturated carbocycles. The van der Waals surface area contributed by atoms with Gasteiger partial charge in [0.2, 0.25) is 0 Å². The average Bonchev–Trinajstić information content (AvgIpc) is 3.21. The van der Waals surface area contributed by atoms with Crippen molar-refractivity contribution in [2.24, 2.45) is 5.73 Å². The molecule has 0 rings (SSSR count). The minimum absolute atomic E-state index is 0.0954. The number of phosphoric ester groups is 1. The van der Waals surface area contributed by atoms with Crippen molar-refractivity contribution in [1.29, 1.82) is 0 Å². The van der Waals surface area contributed by atoms with Crippen molar-refractivity contribution in [3.63, 3.8) is 0 Å². The highest BCUT2D eigenvalue weighted by molar-refractivity contribution is 7.47. The Morgan fingerprint density at radius 3 is 1.36 bits per heavy atom. The monoisotopic (exact) mass is 842 g/mol. The lowest BCUT2D eigenvalue weighted by molar-refractivity contribution is -0.154. The maximum absolute atomic E-state index is 12.6. The summed E-state index contributed by atoms with van der Waals surface area (Å²) in [6.07, 6.45) is 53.5. The molecule has 0 heterocycles. The van der Waals surface area contributed by atoms with Gasteiger partial charge in [-0.15, -0.1) is 0 Å². The summed E-state index contributed by atoms with van der Waals surface area (Å²) in [6.45, 7) is 4.93. The van der Waals surface area contributed by atoms with Gasteiger partial charge in [0.25, 0.3) is 0 Å². The molecular weight excluding hydrogens is 746 g/mol. The number of nitrogens with two attached hydrogens (primary N) is 1. The number of esters is 1. The van der Waals surface area contributed by atoms with Crippen molar-refractivity contribution in [3.05, 3.63) is 24.3 Å². The summed E-state index contributed by atoms with van der Waals surface area (Å²) in [7, 11) is -4.28. The lowest BCUT2D eigenvalue weighted by Crippen LogP contribution is -2.28. The molecule has 0 saturated heterocycles. The fraction of sp³-hybridized carbons (Fsp3) is 0.898. The van der Waals surface area contributed by atoms with Crippen LogP contribution in [0.1, 0.15) is 245 Å². The molecule has 0 amide bonds. The van der Waals surface area contributed by atoms with Gasteiger partial charge in [-0.25, -0.2) is 4.57 Å². The summed E-state index contributed by atoms with van der Waals surface area (Å²) >= 11 is 0. The van der Waals surface area contributed by atoms with Crippen LogP contribution in [0, 0.1) is 0 Å². The van der Waals surface area contributed by atoms with E-state index in [9.17, 15) is 14.3 Å². The Morgan fingerprint density at radius 1 is 0.517 bits per heavy atom. The lowest BCUT2D eigenvalue weighted by Gasteiger charge is -2.20. The van der Waals surface area contributed by atoms with Gasteiger partial charge in [-0.3, -0.25) is 13.8 Å². The van der Waals surface area contributed by atoms with Crippen molar-refractivity contribution in [3.8, 4) is 0 Å². The first-order chi connectivity index (χ1) is 28.4. The maximum Gasteiger partial charge on any atom is 0.472 e. The SMILES string of the molecule is CCCCCC/C=C\C/C=C\CCCCCCCCOCC(COP(=O)(O)OCCN)OC(=O)CCCCCCCCCCCCCCCCCCCCCCCC. The predicted molar refractivity (Wildman–Crippen MR) is 247 cm³/mol. The van der Waals surface area contributed by atoms with Crippen LogP contribution in [0.5, 0.6) is 0 Å². The van der Waals surface area contributed by atoms with Gasteiger partial charge in [-0.05, 0) is 44.9 Å². The Balaban J connectivity index is 3.93. The summed E-state index contributed by atoms with van der Waals surface area (Å²) in [5, 5.41) is 0. The molecule has 3 N–H and O–H groups in total. The Hall–Kier alpha value is -1.02. The third kappa shape index (κ3) is 46.1. The molecule has 0 aromatic rings. The molecule has 0 radical (unpaired) electrons. The van der Waals surface area contributed by atoms with Gasteiger partial charge in [0.15, 0.2) is 0 Å². The zero-order valence-corrected chi connectivity index (χ0v) is 39.2. The van der Waals surface area contributed by atoms with Gasteiger partial charge in [0, 0.05) is 19.6 Å². The number of phosphoric acid groups is 1. The molecule has 344 valence electrons. The molecule has 9 heteroatoms. The van der Waals surface area contributed by atoms with Gasteiger partial charge >= 0.3 is 13.8 Å². The quantitative estimate of drug-likeness (QED) is 0.0269. The molecule has 0 aromatic heterocycles. The van der Waals surface area contributed by atoms with Crippen molar-refractivity contribution in [2.45, 2.75) is 251 Å². The molecule has 0 spiro atoms. The van der Waals surface area contributed by atoms with Crippen LogP contribution in [0.4, 0.5) is 0 Å². The molecule has 0 aromatic carbocycles. The molecular formula is C49H96NO7P.